The lowest BCUT2D eigenvalue weighted by atomic mass is 9.99. The van der Waals surface area contributed by atoms with Crippen molar-refractivity contribution in [1.29, 1.82) is 0 Å². The van der Waals surface area contributed by atoms with E-state index in [1.807, 2.05) is 79.8 Å². The molecule has 0 aliphatic carbocycles. The van der Waals surface area contributed by atoms with Gasteiger partial charge >= 0.3 is 0 Å². The fourth-order valence-corrected chi connectivity index (χ4v) is 9.31. The van der Waals surface area contributed by atoms with Crippen molar-refractivity contribution in [3.05, 3.63) is 172 Å². The minimum Gasteiger partial charge on any atom is -0.376 e. The molecule has 0 bridgehead atoms. The van der Waals surface area contributed by atoms with Crippen molar-refractivity contribution < 1.29 is 18.1 Å². The van der Waals surface area contributed by atoms with Crippen LogP contribution in [0, 0.1) is 10.1 Å². The first-order chi connectivity index (χ1) is 29.5. The lowest BCUT2D eigenvalue weighted by Gasteiger charge is -2.36. The van der Waals surface area contributed by atoms with Crippen molar-refractivity contribution >= 4 is 62.0 Å². The summed E-state index contributed by atoms with van der Waals surface area (Å²) in [5.41, 5.74) is 5.36. The summed E-state index contributed by atoms with van der Waals surface area (Å²) < 4.78 is 29.1. The maximum absolute atomic E-state index is 13.5. The number of thioether (sulfide) groups is 1. The van der Waals surface area contributed by atoms with Gasteiger partial charge in [0.15, 0.2) is 0 Å². The molecule has 0 spiro atoms. The highest BCUT2D eigenvalue weighted by Gasteiger charge is 2.26. The molecule has 6 aromatic rings. The number of halogens is 1. The monoisotopic (exact) mass is 875 g/mol. The number of benzene rings is 5. The van der Waals surface area contributed by atoms with E-state index >= 15 is 0 Å². The van der Waals surface area contributed by atoms with Gasteiger partial charge in [-0.1, -0.05) is 66.2 Å². The largest absolute Gasteiger partial charge is 0.376 e. The van der Waals surface area contributed by atoms with E-state index in [4.69, 9.17) is 11.6 Å². The number of nitrogens with one attached hydrogen (secondary N) is 2. The van der Waals surface area contributed by atoms with E-state index in [0.29, 0.717) is 23.7 Å². The number of anilines is 3. The van der Waals surface area contributed by atoms with Crippen LogP contribution in [0.25, 0.3) is 11.1 Å². The Morgan fingerprint density at radius 1 is 0.885 bits per heavy atom. The van der Waals surface area contributed by atoms with Crippen LogP contribution in [-0.4, -0.2) is 80.7 Å². The van der Waals surface area contributed by atoms with E-state index in [0.717, 1.165) is 60.6 Å². The number of nitrogens with zero attached hydrogens (tertiary/aromatic N) is 5. The summed E-state index contributed by atoms with van der Waals surface area (Å²) in [4.78, 5) is 36.5. The van der Waals surface area contributed by atoms with Crippen molar-refractivity contribution in [1.82, 2.24) is 14.6 Å². The smallest absolute Gasteiger partial charge is 0.293 e. The van der Waals surface area contributed by atoms with E-state index < -0.39 is 31.4 Å². The van der Waals surface area contributed by atoms with Crippen LogP contribution in [0.2, 0.25) is 5.02 Å². The topological polar surface area (TPSA) is 141 Å². The van der Waals surface area contributed by atoms with Crippen LogP contribution < -0.4 is 19.8 Å². The van der Waals surface area contributed by atoms with Gasteiger partial charge in [0.1, 0.15) is 5.69 Å². The average Bonchev–Trinajstić information content (AvgIpc) is 3.28. The Kier molecular flexibility index (Phi) is 14.2. The molecule has 2 heterocycles. The number of nitro groups is 1. The van der Waals surface area contributed by atoms with Crippen LogP contribution in [-0.2, 0) is 16.6 Å². The minimum atomic E-state index is -4.46. The third-order valence-electron chi connectivity index (χ3n) is 10.6. The highest BCUT2D eigenvalue weighted by molar-refractivity contribution is 7.99. The van der Waals surface area contributed by atoms with Crippen LogP contribution >= 0.6 is 23.4 Å². The Labute approximate surface area is 365 Å². The Balaban J connectivity index is 0.967. The number of hydrogen-bond acceptors (Lipinski definition) is 11. The van der Waals surface area contributed by atoms with Gasteiger partial charge in [0.05, 0.1) is 9.82 Å². The third-order valence-corrected chi connectivity index (χ3v) is 13.4. The predicted molar refractivity (Wildman–Crippen MR) is 245 cm³/mol. The number of pyridine rings is 1. The number of rotatable bonds is 17. The Morgan fingerprint density at radius 2 is 1.57 bits per heavy atom. The summed E-state index contributed by atoms with van der Waals surface area (Å²) in [7, 11) is -2.49. The molecule has 314 valence electrons. The molecule has 7 rings (SSSR count). The summed E-state index contributed by atoms with van der Waals surface area (Å²) in [6.07, 6.45) is 4.07. The van der Waals surface area contributed by atoms with Crippen LogP contribution in [0.5, 0.6) is 0 Å². The van der Waals surface area contributed by atoms with E-state index in [1.165, 1.54) is 23.3 Å². The SMILES string of the molecule is CN(CC[C@H](CSc1ccccc1)Nc1ccc(S(=O)(=O)NC(=O)c2ccc(N3CCN(Cc4ccccc4-c4ccc(Cl)cc4)CC3)cc2)cc1[N+](=O)[O-])c1ccncc1. The molecule has 15 heteroatoms. The highest BCUT2D eigenvalue weighted by Crippen LogP contribution is 2.31. The Morgan fingerprint density at radius 3 is 2.28 bits per heavy atom. The number of carbonyl (C=O) groups excluding carboxylic acids is 1. The standard InChI is InChI=1S/C46H46ClN7O5S2/c1-51(39-21-24-48-25-22-39)26-23-38(33-60-41-8-3-2-4-9-41)49-44-20-19-42(31-45(44)54(56)57)61(58,59)50-46(55)35-13-17-40(18-14-35)53-29-27-52(28-30-53)32-36-7-5-6-10-43(36)34-11-15-37(47)16-12-34/h2-22,24-25,31,38,49H,23,26-30,32-33H2,1H3,(H,50,55)/t38-/m1/s1. The molecule has 0 radical (unpaired) electrons. The van der Waals surface area contributed by atoms with Crippen LogP contribution in [0.15, 0.2) is 156 Å². The maximum Gasteiger partial charge on any atom is 0.293 e. The summed E-state index contributed by atoms with van der Waals surface area (Å²) in [6.45, 7) is 4.69. The molecule has 1 aliphatic heterocycles. The first-order valence-electron chi connectivity index (χ1n) is 19.8. The zero-order chi connectivity index (χ0) is 42.8. The van der Waals surface area contributed by atoms with E-state index in [9.17, 15) is 23.3 Å². The van der Waals surface area contributed by atoms with Crippen molar-refractivity contribution in [3.8, 4) is 11.1 Å². The second kappa shape index (κ2) is 20.1. The van der Waals surface area contributed by atoms with Gasteiger partial charge in [-0.3, -0.25) is 24.8 Å². The van der Waals surface area contributed by atoms with Gasteiger partial charge in [0, 0.05) is 103 Å². The number of aromatic nitrogens is 1. The van der Waals surface area contributed by atoms with Gasteiger partial charge in [-0.05, 0) is 95.9 Å². The second-order valence-electron chi connectivity index (χ2n) is 14.7. The zero-order valence-electron chi connectivity index (χ0n) is 33.6. The summed E-state index contributed by atoms with van der Waals surface area (Å²) in [6, 6.07) is 40.2. The van der Waals surface area contributed by atoms with Gasteiger partial charge in [0.25, 0.3) is 21.6 Å². The molecule has 1 aromatic heterocycles. The predicted octanol–water partition coefficient (Wildman–Crippen LogP) is 8.85. The van der Waals surface area contributed by atoms with Crippen LogP contribution in [0.3, 0.4) is 0 Å². The Hall–Kier alpha value is -5.93. The highest BCUT2D eigenvalue weighted by atomic mass is 35.5. The molecular formula is C46H46ClN7O5S2. The number of amides is 1. The fraction of sp³-hybridized carbons (Fsp3) is 0.217. The van der Waals surface area contributed by atoms with Gasteiger partial charge < -0.3 is 15.1 Å². The molecule has 2 N–H and O–H groups in total. The first-order valence-corrected chi connectivity index (χ1v) is 22.7. The van der Waals surface area contributed by atoms with Crippen molar-refractivity contribution in [2.75, 3.05) is 60.6 Å². The molecular weight excluding hydrogens is 830 g/mol. The first kappa shape index (κ1) is 43.2. The van der Waals surface area contributed by atoms with E-state index in [-0.39, 0.29) is 17.3 Å². The molecule has 1 amide bonds. The number of piperazine rings is 1. The number of carbonyl (C=O) groups is 1. The van der Waals surface area contributed by atoms with E-state index in [1.54, 1.807) is 48.4 Å². The lowest BCUT2D eigenvalue weighted by Crippen LogP contribution is -2.46. The number of nitro benzene ring substituents is 1. The van der Waals surface area contributed by atoms with Crippen molar-refractivity contribution in [2.24, 2.45) is 0 Å². The van der Waals surface area contributed by atoms with Crippen LogP contribution in [0.1, 0.15) is 22.3 Å². The molecule has 1 fully saturated rings. The molecule has 1 saturated heterocycles. The number of hydrogen-bond donors (Lipinski definition) is 2. The average molecular weight is 877 g/mol. The zero-order valence-corrected chi connectivity index (χ0v) is 36.0. The Bertz CT molecular complexity index is 2530. The number of sulfonamides is 1. The van der Waals surface area contributed by atoms with Crippen molar-refractivity contribution in [3.63, 3.8) is 0 Å². The van der Waals surface area contributed by atoms with Gasteiger partial charge in [-0.25, -0.2) is 13.1 Å². The van der Waals surface area contributed by atoms with Gasteiger partial charge in [0.2, 0.25) is 0 Å². The quantitative estimate of drug-likeness (QED) is 0.0516. The van der Waals surface area contributed by atoms with Gasteiger partial charge in [-0.2, -0.15) is 0 Å². The third kappa shape index (κ3) is 11.5. The van der Waals surface area contributed by atoms with Crippen LogP contribution in [0.4, 0.5) is 22.7 Å². The minimum absolute atomic E-state index is 0.146. The maximum atomic E-state index is 13.5. The molecule has 12 nitrogen and oxygen atoms in total. The second-order valence-corrected chi connectivity index (χ2v) is 17.9. The molecule has 1 aliphatic rings. The fourth-order valence-electron chi connectivity index (χ4n) is 7.20. The van der Waals surface area contributed by atoms with E-state index in [2.05, 4.69) is 47.9 Å². The lowest BCUT2D eigenvalue weighted by molar-refractivity contribution is -0.384. The summed E-state index contributed by atoms with van der Waals surface area (Å²) in [5.74, 6) is -0.242. The molecule has 5 aromatic carbocycles. The molecule has 1 atom stereocenters. The normalized spacial score (nSPS) is 13.6. The van der Waals surface area contributed by atoms with Crippen molar-refractivity contribution in [2.45, 2.75) is 28.8 Å². The molecule has 0 saturated carbocycles. The summed E-state index contributed by atoms with van der Waals surface area (Å²) >= 11 is 7.74. The summed E-state index contributed by atoms with van der Waals surface area (Å²) in [5, 5.41) is 16.4. The van der Waals surface area contributed by atoms with Gasteiger partial charge in [-0.15, -0.1) is 11.8 Å². The molecule has 0 unspecified atom stereocenters. The molecule has 61 heavy (non-hydrogen) atoms.